The zero-order valence-corrected chi connectivity index (χ0v) is 7.14. The maximum absolute atomic E-state index is 4.50. The molecule has 0 saturated heterocycles. The smallest absolute Gasteiger partial charge is 0.113 e. The van der Waals surface area contributed by atoms with E-state index in [9.17, 15) is 0 Å². The van der Waals surface area contributed by atoms with Crippen LogP contribution in [0.5, 0.6) is 0 Å². The number of H-pyrrole nitrogens is 1. The van der Waals surface area contributed by atoms with Crippen LogP contribution in [0.3, 0.4) is 0 Å². The molecule has 6 saturated carbocycles. The maximum Gasteiger partial charge on any atom is 0.113 e. The van der Waals surface area contributed by atoms with Gasteiger partial charge in [0.05, 0.1) is 0 Å². The minimum atomic E-state index is 0.623. The van der Waals surface area contributed by atoms with Gasteiger partial charge in [0.1, 0.15) is 5.82 Å². The molecule has 6 aliphatic carbocycles. The van der Waals surface area contributed by atoms with E-state index in [0.717, 1.165) is 17.8 Å². The van der Waals surface area contributed by atoms with Crippen molar-refractivity contribution < 1.29 is 0 Å². The summed E-state index contributed by atoms with van der Waals surface area (Å²) in [4.78, 5) is 7.87. The second-order valence-corrected chi connectivity index (χ2v) is 5.76. The molecule has 1 aromatic rings. The second kappa shape index (κ2) is 1.06. The Labute approximate surface area is 75.8 Å². The van der Waals surface area contributed by atoms with Crippen molar-refractivity contribution >= 4 is 0 Å². The largest absolute Gasteiger partial charge is 0.348 e. The first-order valence-corrected chi connectivity index (χ1v) is 5.47. The fourth-order valence-electron chi connectivity index (χ4n) is 6.41. The van der Waals surface area contributed by atoms with E-state index < -0.39 is 0 Å². The van der Waals surface area contributed by atoms with Crippen LogP contribution in [0.15, 0.2) is 12.4 Å². The molecule has 6 fully saturated rings. The first kappa shape index (κ1) is 5.18. The number of rotatable bonds is 1. The first-order valence-electron chi connectivity index (χ1n) is 5.47. The Morgan fingerprint density at radius 1 is 1.08 bits per heavy atom. The van der Waals surface area contributed by atoms with Crippen LogP contribution in [0.25, 0.3) is 0 Å². The predicted octanol–water partition coefficient (Wildman–Crippen LogP) is 1.03. The Kier molecular flexibility index (Phi) is 0.422. The third-order valence-corrected chi connectivity index (χ3v) is 6.38. The number of nitrogens with one attached hydrogen (secondary N) is 1. The van der Waals surface area contributed by atoms with Crippen LogP contribution in [0, 0.1) is 41.4 Å². The van der Waals surface area contributed by atoms with Crippen LogP contribution < -0.4 is 0 Å². The van der Waals surface area contributed by atoms with Crippen molar-refractivity contribution in [1.82, 2.24) is 9.97 Å². The summed E-state index contributed by atoms with van der Waals surface area (Å²) in [7, 11) is 0. The molecule has 0 spiro atoms. The summed E-state index contributed by atoms with van der Waals surface area (Å²) in [5.74, 6) is 9.34. The molecule has 0 atom stereocenters. The minimum Gasteiger partial charge on any atom is -0.348 e. The third-order valence-electron chi connectivity index (χ3n) is 6.38. The maximum atomic E-state index is 4.50. The second-order valence-electron chi connectivity index (χ2n) is 5.76. The zero-order chi connectivity index (χ0) is 7.95. The molecule has 64 valence electrons. The van der Waals surface area contributed by atoms with E-state index in [4.69, 9.17) is 0 Å². The monoisotopic (exact) mass is 170 g/mol. The van der Waals surface area contributed by atoms with E-state index in [1.807, 2.05) is 12.4 Å². The van der Waals surface area contributed by atoms with E-state index in [0.29, 0.717) is 5.41 Å². The summed E-state index contributed by atoms with van der Waals surface area (Å²) in [6, 6.07) is 0. The van der Waals surface area contributed by atoms with Gasteiger partial charge in [0.15, 0.2) is 0 Å². The number of aromatic amines is 1. The summed E-state index contributed by atoms with van der Waals surface area (Å²) in [6.07, 6.45) is 3.92. The van der Waals surface area contributed by atoms with Gasteiger partial charge in [-0.3, -0.25) is 0 Å². The quantitative estimate of drug-likeness (QED) is 0.670. The van der Waals surface area contributed by atoms with Crippen molar-refractivity contribution in [2.45, 2.75) is 5.41 Å². The van der Waals surface area contributed by atoms with Gasteiger partial charge in [-0.15, -0.1) is 0 Å². The fraction of sp³-hybridized carbons (Fsp3) is 0.727. The number of aromatic nitrogens is 2. The molecular weight excluding hydrogens is 160 g/mol. The molecule has 0 unspecified atom stereocenters. The lowest BCUT2D eigenvalue weighted by molar-refractivity contribution is -0.583. The van der Waals surface area contributed by atoms with Crippen LogP contribution in [-0.2, 0) is 5.41 Å². The van der Waals surface area contributed by atoms with E-state index in [1.54, 1.807) is 0 Å². The van der Waals surface area contributed by atoms with Crippen LogP contribution in [0.4, 0.5) is 0 Å². The zero-order valence-electron chi connectivity index (χ0n) is 7.14. The highest BCUT2D eigenvalue weighted by Gasteiger charge is 3.05. The molecule has 2 nitrogen and oxygen atoms in total. The van der Waals surface area contributed by atoms with Gasteiger partial charge >= 0.3 is 0 Å². The molecule has 0 aromatic carbocycles. The Hall–Kier alpha value is -0.790. The molecule has 1 heterocycles. The lowest BCUT2D eigenvalue weighted by Gasteiger charge is -3.07. The molecule has 6 aliphatic rings. The lowest BCUT2D eigenvalue weighted by atomic mass is 8.96. The van der Waals surface area contributed by atoms with Crippen LogP contribution in [0.2, 0.25) is 0 Å². The van der Waals surface area contributed by atoms with Crippen molar-refractivity contribution in [3.05, 3.63) is 18.2 Å². The predicted molar refractivity (Wildman–Crippen MR) is 44.7 cm³/mol. The van der Waals surface area contributed by atoms with Crippen LogP contribution >= 0.6 is 0 Å². The van der Waals surface area contributed by atoms with E-state index in [1.165, 1.54) is 29.5 Å². The average Bonchev–Trinajstić information content (AvgIpc) is 2.71. The van der Waals surface area contributed by atoms with E-state index >= 15 is 0 Å². The van der Waals surface area contributed by atoms with Crippen LogP contribution in [-0.4, -0.2) is 9.97 Å². The van der Waals surface area contributed by atoms with Crippen molar-refractivity contribution in [3.8, 4) is 0 Å². The Balaban J connectivity index is 1.65. The number of nitrogens with zero attached hydrogens (tertiary/aromatic N) is 1. The molecule has 0 radical (unpaired) electrons. The molecule has 1 aromatic heterocycles. The Morgan fingerprint density at radius 3 is 2.31 bits per heavy atom. The van der Waals surface area contributed by atoms with Gasteiger partial charge in [-0.2, -0.15) is 0 Å². The summed E-state index contributed by atoms with van der Waals surface area (Å²) >= 11 is 0. The summed E-state index contributed by atoms with van der Waals surface area (Å²) in [6.45, 7) is 0. The van der Waals surface area contributed by atoms with E-state index in [-0.39, 0.29) is 0 Å². The van der Waals surface area contributed by atoms with Gasteiger partial charge in [-0.25, -0.2) is 4.98 Å². The Bertz CT molecular complexity index is 396. The highest BCUT2D eigenvalue weighted by Crippen LogP contribution is 3.05. The molecule has 0 amide bonds. The summed E-state index contributed by atoms with van der Waals surface area (Å²) in [5, 5.41) is 0. The van der Waals surface area contributed by atoms with Gasteiger partial charge in [0.25, 0.3) is 0 Å². The average molecular weight is 170 g/mol. The molecule has 13 heavy (non-hydrogen) atoms. The Morgan fingerprint density at radius 2 is 1.77 bits per heavy atom. The molecule has 2 heteroatoms. The van der Waals surface area contributed by atoms with Crippen molar-refractivity contribution in [3.63, 3.8) is 0 Å². The van der Waals surface area contributed by atoms with Crippen molar-refractivity contribution in [2.24, 2.45) is 41.4 Å². The first-order chi connectivity index (χ1) is 6.47. The highest BCUT2D eigenvalue weighted by atomic mass is 15.1. The molecule has 0 aliphatic heterocycles. The molecule has 1 N–H and O–H groups in total. The number of imidazole rings is 1. The highest BCUT2D eigenvalue weighted by molar-refractivity contribution is 5.56. The number of hydrogen-bond acceptors (Lipinski definition) is 1. The SMILES string of the molecule is c1c[nH]c(C23C4C5C6C4C2C6C53)n1. The molecule has 0 bridgehead atoms. The van der Waals surface area contributed by atoms with Crippen LogP contribution in [0.1, 0.15) is 5.82 Å². The standard InChI is InChI=1S/C11H10N2/c1-2-13-10(12-1)11-7-4-3-5(7)9(11)6(3)8(4)11/h1-9H,(H,12,13). The summed E-state index contributed by atoms with van der Waals surface area (Å²) < 4.78 is 0. The number of hydrogen-bond donors (Lipinski definition) is 1. The van der Waals surface area contributed by atoms with Gasteiger partial charge in [-0.1, -0.05) is 0 Å². The molecular formula is C11H10N2. The normalized spacial score (nSPS) is 76.8. The van der Waals surface area contributed by atoms with Gasteiger partial charge in [-0.05, 0) is 41.4 Å². The van der Waals surface area contributed by atoms with Crippen molar-refractivity contribution in [1.29, 1.82) is 0 Å². The summed E-state index contributed by atoms with van der Waals surface area (Å²) in [5.41, 5.74) is 0.623. The van der Waals surface area contributed by atoms with Gasteiger partial charge in [0, 0.05) is 17.8 Å². The molecule has 7 rings (SSSR count). The van der Waals surface area contributed by atoms with E-state index in [2.05, 4.69) is 9.97 Å². The topological polar surface area (TPSA) is 28.7 Å². The van der Waals surface area contributed by atoms with Gasteiger partial charge in [0.2, 0.25) is 0 Å². The minimum absolute atomic E-state index is 0.623. The van der Waals surface area contributed by atoms with Crippen molar-refractivity contribution in [2.75, 3.05) is 0 Å². The third kappa shape index (κ3) is 0.217. The lowest BCUT2D eigenvalue weighted by Crippen LogP contribution is -3.07. The van der Waals surface area contributed by atoms with Gasteiger partial charge < -0.3 is 4.98 Å². The fourth-order valence-corrected chi connectivity index (χ4v) is 6.41.